The second kappa shape index (κ2) is 5.50. The van der Waals surface area contributed by atoms with Crippen LogP contribution in [0, 0.1) is 0 Å². The molecule has 20 heavy (non-hydrogen) atoms. The van der Waals surface area contributed by atoms with Gasteiger partial charge in [0.15, 0.2) is 0 Å². The molecule has 1 aromatic heterocycles. The van der Waals surface area contributed by atoms with Crippen molar-refractivity contribution in [2.75, 3.05) is 6.54 Å². The van der Waals surface area contributed by atoms with E-state index in [4.69, 9.17) is 5.11 Å². The topological polar surface area (TPSA) is 53.4 Å². The molecular weight excluding hydrogens is 272 g/mol. The van der Waals surface area contributed by atoms with E-state index in [2.05, 4.69) is 4.98 Å². The van der Waals surface area contributed by atoms with E-state index in [1.165, 1.54) is 0 Å². The molecule has 1 aromatic carbocycles. The summed E-state index contributed by atoms with van der Waals surface area (Å²) in [5, 5.41) is 10.1. The van der Waals surface area contributed by atoms with Gasteiger partial charge in [0.25, 0.3) is 0 Å². The van der Waals surface area contributed by atoms with E-state index in [-0.39, 0.29) is 18.1 Å². The predicted octanol–water partition coefficient (Wildman–Crippen LogP) is 3.54. The van der Waals surface area contributed by atoms with E-state index >= 15 is 0 Å². The number of hydrogen-bond acceptors (Lipinski definition) is 4. The lowest BCUT2D eigenvalue weighted by Crippen LogP contribution is -2.45. The van der Waals surface area contributed by atoms with Gasteiger partial charge in [0.05, 0.1) is 22.8 Å². The second-order valence-corrected chi connectivity index (χ2v) is 6.95. The molecule has 2 rings (SSSR count). The fraction of sp³-hybridized carbons (Fsp3) is 0.467. The SMILES string of the molecule is CC(c1nc2ccccc2s1)N(CC(=O)O)C(C)(C)C. The van der Waals surface area contributed by atoms with Crippen LogP contribution in [-0.2, 0) is 4.79 Å². The zero-order valence-electron chi connectivity index (χ0n) is 12.3. The van der Waals surface area contributed by atoms with Gasteiger partial charge in [0, 0.05) is 5.54 Å². The van der Waals surface area contributed by atoms with Crippen LogP contribution in [0.25, 0.3) is 10.2 Å². The minimum absolute atomic E-state index is 0.0145. The van der Waals surface area contributed by atoms with Crippen molar-refractivity contribution in [2.45, 2.75) is 39.3 Å². The summed E-state index contributed by atoms with van der Waals surface area (Å²) < 4.78 is 1.14. The molecular formula is C15H20N2O2S. The van der Waals surface area contributed by atoms with Crippen molar-refractivity contribution in [3.05, 3.63) is 29.3 Å². The number of rotatable bonds is 4. The Labute approximate surface area is 123 Å². The summed E-state index contributed by atoms with van der Waals surface area (Å²) in [5.74, 6) is -0.812. The Morgan fingerprint density at radius 3 is 2.60 bits per heavy atom. The van der Waals surface area contributed by atoms with E-state index in [1.54, 1.807) is 11.3 Å². The van der Waals surface area contributed by atoms with Crippen molar-refractivity contribution < 1.29 is 9.90 Å². The molecule has 5 heteroatoms. The maximum atomic E-state index is 11.1. The molecule has 0 bridgehead atoms. The zero-order valence-corrected chi connectivity index (χ0v) is 13.1. The molecule has 1 atom stereocenters. The van der Waals surface area contributed by atoms with Crippen LogP contribution in [0.5, 0.6) is 0 Å². The van der Waals surface area contributed by atoms with Crippen LogP contribution in [-0.4, -0.2) is 33.0 Å². The lowest BCUT2D eigenvalue weighted by atomic mass is 10.0. The standard InChI is InChI=1S/C15H20N2O2S/c1-10(17(9-13(18)19)15(2,3)4)14-16-11-7-5-6-8-12(11)20-14/h5-8,10H,9H2,1-4H3,(H,18,19). The van der Waals surface area contributed by atoms with Crippen LogP contribution in [0.4, 0.5) is 0 Å². The van der Waals surface area contributed by atoms with Gasteiger partial charge in [-0.3, -0.25) is 9.69 Å². The monoisotopic (exact) mass is 292 g/mol. The highest BCUT2D eigenvalue weighted by Crippen LogP contribution is 2.32. The molecule has 0 saturated heterocycles. The quantitative estimate of drug-likeness (QED) is 0.936. The minimum atomic E-state index is -0.812. The summed E-state index contributed by atoms with van der Waals surface area (Å²) in [6.45, 7) is 8.12. The molecule has 1 unspecified atom stereocenters. The number of hydrogen-bond donors (Lipinski definition) is 1. The number of thiazole rings is 1. The van der Waals surface area contributed by atoms with Gasteiger partial charge in [0.2, 0.25) is 0 Å². The van der Waals surface area contributed by atoms with Crippen LogP contribution >= 0.6 is 11.3 Å². The summed E-state index contributed by atoms with van der Waals surface area (Å²) in [6, 6.07) is 7.97. The van der Waals surface area contributed by atoms with Crippen molar-refractivity contribution in [3.8, 4) is 0 Å². The number of carboxylic acid groups (broad SMARTS) is 1. The number of nitrogens with zero attached hydrogens (tertiary/aromatic N) is 2. The lowest BCUT2D eigenvalue weighted by molar-refractivity contribution is -0.140. The molecule has 108 valence electrons. The van der Waals surface area contributed by atoms with Gasteiger partial charge in [-0.05, 0) is 39.8 Å². The number of aromatic nitrogens is 1. The third-order valence-electron chi connectivity index (χ3n) is 3.30. The van der Waals surface area contributed by atoms with Gasteiger partial charge in [-0.15, -0.1) is 11.3 Å². The van der Waals surface area contributed by atoms with E-state index in [9.17, 15) is 4.79 Å². The third kappa shape index (κ3) is 3.16. The Balaban J connectivity index is 2.35. The number of para-hydroxylation sites is 1. The molecule has 0 aliphatic rings. The number of benzene rings is 1. The average molecular weight is 292 g/mol. The van der Waals surface area contributed by atoms with Crippen molar-refractivity contribution in [1.82, 2.24) is 9.88 Å². The van der Waals surface area contributed by atoms with Crippen molar-refractivity contribution in [2.24, 2.45) is 0 Å². The summed E-state index contributed by atoms with van der Waals surface area (Å²) in [7, 11) is 0. The highest BCUT2D eigenvalue weighted by molar-refractivity contribution is 7.18. The minimum Gasteiger partial charge on any atom is -0.480 e. The first-order chi connectivity index (χ1) is 9.29. The molecule has 0 fully saturated rings. The van der Waals surface area contributed by atoms with Crippen LogP contribution in [0.3, 0.4) is 0 Å². The van der Waals surface area contributed by atoms with E-state index in [0.717, 1.165) is 15.2 Å². The van der Waals surface area contributed by atoms with E-state index < -0.39 is 5.97 Å². The highest BCUT2D eigenvalue weighted by atomic mass is 32.1. The normalized spacial score (nSPS) is 13.8. The Kier molecular flexibility index (Phi) is 4.11. The predicted molar refractivity (Wildman–Crippen MR) is 82.1 cm³/mol. The molecule has 0 aliphatic carbocycles. The number of carbonyl (C=O) groups is 1. The first-order valence-corrected chi connectivity index (χ1v) is 7.44. The summed E-state index contributed by atoms with van der Waals surface area (Å²) >= 11 is 1.63. The molecule has 0 radical (unpaired) electrons. The summed E-state index contributed by atoms with van der Waals surface area (Å²) in [5.41, 5.74) is 0.749. The molecule has 1 N–H and O–H groups in total. The number of carboxylic acids is 1. The van der Waals surface area contributed by atoms with Gasteiger partial charge in [-0.1, -0.05) is 12.1 Å². The smallest absolute Gasteiger partial charge is 0.317 e. The number of fused-ring (bicyclic) bond motifs is 1. The summed E-state index contributed by atoms with van der Waals surface area (Å²) in [4.78, 5) is 17.7. The van der Waals surface area contributed by atoms with Crippen LogP contribution < -0.4 is 0 Å². The van der Waals surface area contributed by atoms with Gasteiger partial charge in [-0.25, -0.2) is 4.98 Å². The maximum absolute atomic E-state index is 11.1. The number of aliphatic carboxylic acids is 1. The van der Waals surface area contributed by atoms with Gasteiger partial charge >= 0.3 is 5.97 Å². The zero-order chi connectivity index (χ0) is 14.9. The van der Waals surface area contributed by atoms with Crippen molar-refractivity contribution in [1.29, 1.82) is 0 Å². The second-order valence-electron chi connectivity index (χ2n) is 5.89. The van der Waals surface area contributed by atoms with Gasteiger partial charge < -0.3 is 5.11 Å². The van der Waals surface area contributed by atoms with E-state index in [0.29, 0.717) is 0 Å². The molecule has 0 spiro atoms. The molecule has 1 heterocycles. The Morgan fingerprint density at radius 2 is 2.05 bits per heavy atom. The molecule has 4 nitrogen and oxygen atoms in total. The fourth-order valence-electron chi connectivity index (χ4n) is 2.30. The first kappa shape index (κ1) is 14.9. The highest BCUT2D eigenvalue weighted by Gasteiger charge is 2.30. The molecule has 2 aromatic rings. The average Bonchev–Trinajstić information content (AvgIpc) is 2.77. The van der Waals surface area contributed by atoms with Crippen molar-refractivity contribution >= 4 is 27.5 Å². The van der Waals surface area contributed by atoms with Gasteiger partial charge in [0.1, 0.15) is 5.01 Å². The molecule has 0 saturated carbocycles. The fourth-order valence-corrected chi connectivity index (χ4v) is 3.33. The lowest BCUT2D eigenvalue weighted by Gasteiger charge is -2.38. The third-order valence-corrected chi connectivity index (χ3v) is 4.51. The Bertz CT molecular complexity index is 583. The molecule has 0 amide bonds. The van der Waals surface area contributed by atoms with Crippen LogP contribution in [0.1, 0.15) is 38.7 Å². The molecule has 0 aliphatic heterocycles. The van der Waals surface area contributed by atoms with Crippen molar-refractivity contribution in [3.63, 3.8) is 0 Å². The Hall–Kier alpha value is -1.46. The Morgan fingerprint density at radius 1 is 1.40 bits per heavy atom. The largest absolute Gasteiger partial charge is 0.480 e. The van der Waals surface area contributed by atoms with Crippen LogP contribution in [0.2, 0.25) is 0 Å². The van der Waals surface area contributed by atoms with Gasteiger partial charge in [-0.2, -0.15) is 0 Å². The summed E-state index contributed by atoms with van der Waals surface area (Å²) in [6.07, 6.45) is 0. The maximum Gasteiger partial charge on any atom is 0.317 e. The first-order valence-electron chi connectivity index (χ1n) is 6.63. The van der Waals surface area contributed by atoms with Crippen LogP contribution in [0.15, 0.2) is 24.3 Å². The van der Waals surface area contributed by atoms with E-state index in [1.807, 2.05) is 56.9 Å².